The number of carbonyl (C=O) groups is 2. The maximum atomic E-state index is 12.9. The number of hydrogen-bond donors (Lipinski definition) is 4. The van der Waals surface area contributed by atoms with E-state index in [0.29, 0.717) is 22.6 Å². The quantitative estimate of drug-likeness (QED) is 0.327. The molecule has 180 valence electrons. The highest BCUT2D eigenvalue weighted by Crippen LogP contribution is 2.32. The smallest absolute Gasteiger partial charge is 0.319 e. The van der Waals surface area contributed by atoms with Crippen LogP contribution in [0.2, 0.25) is 0 Å². The van der Waals surface area contributed by atoms with Crippen molar-refractivity contribution in [3.63, 3.8) is 0 Å². The second-order valence-electron chi connectivity index (χ2n) is 8.28. The largest absolute Gasteiger partial charge is 0.395 e. The monoisotopic (exact) mass is 472 g/mol. The first-order chi connectivity index (χ1) is 16.9. The van der Waals surface area contributed by atoms with Gasteiger partial charge in [0, 0.05) is 61.7 Å². The van der Waals surface area contributed by atoms with Gasteiger partial charge in [-0.1, -0.05) is 12.1 Å². The van der Waals surface area contributed by atoms with Gasteiger partial charge >= 0.3 is 6.03 Å². The second-order valence-corrected chi connectivity index (χ2v) is 8.28. The molecule has 0 atom stereocenters. The van der Waals surface area contributed by atoms with E-state index in [1.807, 2.05) is 72.9 Å². The highest BCUT2D eigenvalue weighted by molar-refractivity contribution is 6.05. The fraction of sp³-hybridized carbons (Fsp3) is 0.192. The predicted molar refractivity (Wildman–Crippen MR) is 138 cm³/mol. The predicted octanol–water partition coefficient (Wildman–Crippen LogP) is 3.74. The second kappa shape index (κ2) is 10.3. The Morgan fingerprint density at radius 1 is 1.06 bits per heavy atom. The third-order valence-corrected chi connectivity index (χ3v) is 5.67. The van der Waals surface area contributed by atoms with E-state index in [2.05, 4.69) is 20.9 Å². The van der Waals surface area contributed by atoms with Crippen LogP contribution in [0, 0.1) is 6.92 Å². The van der Waals surface area contributed by atoms with Crippen LogP contribution < -0.4 is 20.9 Å². The lowest BCUT2D eigenvalue weighted by Crippen LogP contribution is -2.31. The van der Waals surface area contributed by atoms with Gasteiger partial charge in [0.25, 0.3) is 5.91 Å². The van der Waals surface area contributed by atoms with Crippen molar-refractivity contribution in [1.29, 1.82) is 0 Å². The number of hydrogen-bond acceptors (Lipinski definition) is 5. The SMILES string of the molecule is Cc1c(NC(=O)c2ccc(N(C)C)cc2)cccc1-c1cc(NC(=O)NCCO)c2nccn2c1. The van der Waals surface area contributed by atoms with Crippen molar-refractivity contribution >= 4 is 34.6 Å². The first-order valence-electron chi connectivity index (χ1n) is 11.2. The van der Waals surface area contributed by atoms with Gasteiger partial charge in [-0.05, 0) is 54.4 Å². The average molecular weight is 473 g/mol. The van der Waals surface area contributed by atoms with Crippen LogP contribution in [0.1, 0.15) is 15.9 Å². The molecular weight excluding hydrogens is 444 g/mol. The number of fused-ring (bicyclic) bond motifs is 1. The third-order valence-electron chi connectivity index (χ3n) is 5.67. The summed E-state index contributed by atoms with van der Waals surface area (Å²) in [5, 5.41) is 17.3. The lowest BCUT2D eigenvalue weighted by molar-refractivity contribution is 0.102. The number of aliphatic hydroxyl groups is 1. The Labute approximate surface area is 203 Å². The summed E-state index contributed by atoms with van der Waals surface area (Å²) in [5.74, 6) is -0.191. The first kappa shape index (κ1) is 23.8. The molecule has 0 aliphatic rings. The Hall–Kier alpha value is -4.37. The number of amides is 3. The molecule has 9 heteroatoms. The van der Waals surface area contributed by atoms with Crippen LogP contribution in [0.15, 0.2) is 67.1 Å². The van der Waals surface area contributed by atoms with Crippen LogP contribution in [-0.4, -0.2) is 53.7 Å². The van der Waals surface area contributed by atoms with Gasteiger partial charge in [0.1, 0.15) is 0 Å². The molecule has 0 saturated heterocycles. The number of imidazole rings is 1. The standard InChI is InChI=1S/C26H28N6O3/c1-17-21(5-4-6-22(17)29-25(34)18-7-9-20(10-8-18)31(2)3)19-15-23(30-26(35)28-12-14-33)24-27-11-13-32(24)16-19/h4-11,13,15-16,33H,12,14H2,1-3H3,(H,29,34)(H2,28,30,35). The minimum atomic E-state index is -0.431. The van der Waals surface area contributed by atoms with E-state index in [1.165, 1.54) is 0 Å². The van der Waals surface area contributed by atoms with Crippen molar-refractivity contribution < 1.29 is 14.7 Å². The van der Waals surface area contributed by atoms with Crippen molar-refractivity contribution in [3.8, 4) is 11.1 Å². The topological polar surface area (TPSA) is 111 Å². The van der Waals surface area contributed by atoms with E-state index < -0.39 is 6.03 Å². The van der Waals surface area contributed by atoms with Crippen LogP contribution in [0.25, 0.3) is 16.8 Å². The van der Waals surface area contributed by atoms with E-state index >= 15 is 0 Å². The Morgan fingerprint density at radius 2 is 1.83 bits per heavy atom. The summed E-state index contributed by atoms with van der Waals surface area (Å²) in [7, 11) is 3.90. The number of nitrogens with one attached hydrogen (secondary N) is 3. The number of rotatable bonds is 7. The van der Waals surface area contributed by atoms with Crippen molar-refractivity contribution in [1.82, 2.24) is 14.7 Å². The fourth-order valence-corrected chi connectivity index (χ4v) is 3.80. The molecule has 2 heterocycles. The Morgan fingerprint density at radius 3 is 2.54 bits per heavy atom. The van der Waals surface area contributed by atoms with Gasteiger partial charge in [0.15, 0.2) is 5.65 Å². The molecule has 0 aliphatic heterocycles. The molecule has 0 bridgehead atoms. The molecule has 2 aromatic carbocycles. The normalized spacial score (nSPS) is 10.7. The number of aliphatic hydroxyl groups excluding tert-OH is 1. The molecule has 2 aromatic heterocycles. The summed E-state index contributed by atoms with van der Waals surface area (Å²) in [6, 6.07) is 14.5. The van der Waals surface area contributed by atoms with Crippen LogP contribution in [0.4, 0.5) is 21.9 Å². The maximum absolute atomic E-state index is 12.9. The van der Waals surface area contributed by atoms with Crippen LogP contribution in [0.3, 0.4) is 0 Å². The van der Waals surface area contributed by atoms with Gasteiger partial charge in [0.05, 0.1) is 12.3 Å². The molecule has 3 amide bonds. The molecule has 0 fully saturated rings. The molecule has 0 aliphatic carbocycles. The van der Waals surface area contributed by atoms with Crippen LogP contribution in [-0.2, 0) is 0 Å². The molecule has 0 unspecified atom stereocenters. The highest BCUT2D eigenvalue weighted by atomic mass is 16.3. The zero-order valence-corrected chi connectivity index (χ0v) is 19.9. The summed E-state index contributed by atoms with van der Waals surface area (Å²) in [6.07, 6.45) is 5.38. The molecular formula is C26H28N6O3. The number of benzene rings is 2. The van der Waals surface area contributed by atoms with Gasteiger partial charge in [-0.15, -0.1) is 0 Å². The van der Waals surface area contributed by atoms with Gasteiger partial charge in [-0.3, -0.25) is 4.79 Å². The molecule has 4 aromatic rings. The minimum Gasteiger partial charge on any atom is -0.395 e. The van der Waals surface area contributed by atoms with Gasteiger partial charge in [0.2, 0.25) is 0 Å². The van der Waals surface area contributed by atoms with Gasteiger partial charge in [-0.2, -0.15) is 0 Å². The van der Waals surface area contributed by atoms with Crippen molar-refractivity contribution in [2.24, 2.45) is 0 Å². The van der Waals surface area contributed by atoms with E-state index in [0.717, 1.165) is 22.4 Å². The first-order valence-corrected chi connectivity index (χ1v) is 11.2. The average Bonchev–Trinajstić information content (AvgIpc) is 3.33. The Kier molecular flexibility index (Phi) is 6.98. The Bertz CT molecular complexity index is 1360. The number of aromatic nitrogens is 2. The number of urea groups is 1. The van der Waals surface area contributed by atoms with Gasteiger partial charge in [-0.25, -0.2) is 9.78 Å². The van der Waals surface area contributed by atoms with E-state index in [9.17, 15) is 9.59 Å². The third kappa shape index (κ3) is 5.25. The number of pyridine rings is 1. The van der Waals surface area contributed by atoms with Crippen molar-refractivity contribution in [3.05, 3.63) is 78.2 Å². The van der Waals surface area contributed by atoms with E-state index in [-0.39, 0.29) is 19.1 Å². The molecule has 4 rings (SSSR count). The zero-order chi connectivity index (χ0) is 24.9. The summed E-state index contributed by atoms with van der Waals surface area (Å²) >= 11 is 0. The van der Waals surface area contributed by atoms with Crippen LogP contribution in [0.5, 0.6) is 0 Å². The summed E-state index contributed by atoms with van der Waals surface area (Å²) in [4.78, 5) is 31.4. The van der Waals surface area contributed by atoms with Gasteiger partial charge < -0.3 is 30.4 Å². The highest BCUT2D eigenvalue weighted by Gasteiger charge is 2.14. The zero-order valence-electron chi connectivity index (χ0n) is 19.9. The Balaban J connectivity index is 1.63. The van der Waals surface area contributed by atoms with E-state index in [1.54, 1.807) is 24.5 Å². The summed E-state index contributed by atoms with van der Waals surface area (Å²) in [6.45, 7) is 1.94. The fourth-order valence-electron chi connectivity index (χ4n) is 3.80. The molecule has 9 nitrogen and oxygen atoms in total. The molecule has 35 heavy (non-hydrogen) atoms. The maximum Gasteiger partial charge on any atom is 0.319 e. The van der Waals surface area contributed by atoms with Crippen molar-refractivity contribution in [2.45, 2.75) is 6.92 Å². The number of anilines is 3. The van der Waals surface area contributed by atoms with E-state index in [4.69, 9.17) is 5.11 Å². The summed E-state index contributed by atoms with van der Waals surface area (Å²) in [5.41, 5.74) is 6.04. The lowest BCUT2D eigenvalue weighted by Gasteiger charge is -2.16. The van der Waals surface area contributed by atoms with Crippen molar-refractivity contribution in [2.75, 3.05) is 42.8 Å². The number of nitrogens with zero attached hydrogens (tertiary/aromatic N) is 3. The number of carbonyl (C=O) groups excluding carboxylic acids is 2. The molecule has 0 saturated carbocycles. The minimum absolute atomic E-state index is 0.148. The molecule has 0 spiro atoms. The summed E-state index contributed by atoms with van der Waals surface area (Å²) < 4.78 is 1.83. The molecule has 4 N–H and O–H groups in total. The van der Waals surface area contributed by atoms with Crippen LogP contribution >= 0.6 is 0 Å². The lowest BCUT2D eigenvalue weighted by atomic mass is 10.00. The molecule has 0 radical (unpaired) electrons.